The molecule has 0 aliphatic heterocycles. The number of hydrogen-bond donors (Lipinski definition) is 2. The number of amides is 2. The number of carbonyl (C=O) groups excluding carboxylic acids is 1. The van der Waals surface area contributed by atoms with E-state index in [1.54, 1.807) is 0 Å². The Morgan fingerprint density at radius 2 is 1.64 bits per heavy atom. The Bertz CT molecular complexity index is 175. The van der Waals surface area contributed by atoms with Crippen molar-refractivity contribution < 1.29 is 23.7 Å². The number of ether oxygens (including phenoxy) is 4. The first-order valence-corrected chi connectivity index (χ1v) is 3.80. The molecule has 0 aromatic carbocycles. The Hall–Kier alpha value is -0.890. The molecule has 7 nitrogen and oxygen atoms in total. The Balaban J connectivity index is 4.64. The lowest BCUT2D eigenvalue weighted by molar-refractivity contribution is -0.393. The maximum atomic E-state index is 10.6. The molecule has 2 amide bonds. The van der Waals surface area contributed by atoms with Crippen LogP contribution in [0.1, 0.15) is 0 Å². The summed E-state index contributed by atoms with van der Waals surface area (Å²) in [7, 11) is 5.40. The molecule has 1 atom stereocenters. The van der Waals surface area contributed by atoms with Gasteiger partial charge in [-0.3, -0.25) is 0 Å². The number of rotatable bonds is 6. The fourth-order valence-electron chi connectivity index (χ4n) is 0.992. The van der Waals surface area contributed by atoms with Crippen molar-refractivity contribution in [2.45, 2.75) is 12.2 Å². The molecule has 0 rings (SSSR count). The maximum Gasteiger partial charge on any atom is 0.330 e. The molecule has 84 valence electrons. The van der Waals surface area contributed by atoms with Gasteiger partial charge in [0.25, 0.3) is 0 Å². The molecule has 0 aliphatic rings. The van der Waals surface area contributed by atoms with Crippen LogP contribution in [-0.4, -0.2) is 46.7 Å². The van der Waals surface area contributed by atoms with Crippen molar-refractivity contribution in [2.24, 2.45) is 5.73 Å². The van der Waals surface area contributed by atoms with Gasteiger partial charge in [-0.05, 0) is 0 Å². The van der Waals surface area contributed by atoms with Crippen LogP contribution in [-0.2, 0) is 18.9 Å². The molecule has 3 N–H and O–H groups in total. The van der Waals surface area contributed by atoms with Crippen LogP contribution in [0.2, 0.25) is 0 Å². The second-order valence-corrected chi connectivity index (χ2v) is 2.34. The Labute approximate surface area is 82.4 Å². The van der Waals surface area contributed by atoms with Gasteiger partial charge < -0.3 is 30.0 Å². The highest BCUT2D eigenvalue weighted by Crippen LogP contribution is 2.17. The molecule has 1 unspecified atom stereocenters. The summed E-state index contributed by atoms with van der Waals surface area (Å²) in [5.74, 6) is -1.51. The Morgan fingerprint density at radius 3 is 1.86 bits per heavy atom. The number of carbonyl (C=O) groups is 1. The standard InChI is InChI=1S/C7H16N2O5/c1-11-5(9-6(8)10)7(12-2,13-3)14-4/h5H,1-4H3,(H3,8,9,10). The average molecular weight is 208 g/mol. The molecule has 14 heavy (non-hydrogen) atoms. The molecule has 0 saturated carbocycles. The van der Waals surface area contributed by atoms with E-state index < -0.39 is 18.2 Å². The number of primary amides is 1. The number of hydrogen-bond acceptors (Lipinski definition) is 5. The average Bonchev–Trinajstić information content (AvgIpc) is 2.19. The van der Waals surface area contributed by atoms with Crippen molar-refractivity contribution in [1.29, 1.82) is 0 Å². The van der Waals surface area contributed by atoms with Gasteiger partial charge in [0.05, 0.1) is 0 Å². The van der Waals surface area contributed by atoms with Crippen LogP contribution in [0.5, 0.6) is 0 Å². The molecular weight excluding hydrogens is 192 g/mol. The summed E-state index contributed by atoms with van der Waals surface area (Å²) < 4.78 is 19.8. The van der Waals surface area contributed by atoms with Gasteiger partial charge in [-0.15, -0.1) is 0 Å². The number of nitrogens with two attached hydrogens (primary N) is 1. The molecule has 0 saturated heterocycles. The highest BCUT2D eigenvalue weighted by molar-refractivity contribution is 5.71. The van der Waals surface area contributed by atoms with E-state index in [4.69, 9.17) is 24.7 Å². The molecule has 0 spiro atoms. The normalized spacial score (nSPS) is 13.7. The molecule has 7 heteroatoms. The summed E-state index contributed by atoms with van der Waals surface area (Å²) in [6.07, 6.45) is -0.958. The molecule has 0 aromatic heterocycles. The van der Waals surface area contributed by atoms with E-state index in [1.807, 2.05) is 0 Å². The van der Waals surface area contributed by atoms with Gasteiger partial charge >= 0.3 is 12.0 Å². The number of nitrogens with one attached hydrogen (secondary N) is 1. The van der Waals surface area contributed by atoms with Crippen LogP contribution in [0.4, 0.5) is 4.79 Å². The molecule has 0 radical (unpaired) electrons. The Morgan fingerprint density at radius 1 is 1.21 bits per heavy atom. The van der Waals surface area contributed by atoms with Gasteiger partial charge in [0.15, 0.2) is 0 Å². The zero-order chi connectivity index (χ0) is 11.2. The van der Waals surface area contributed by atoms with Crippen LogP contribution < -0.4 is 11.1 Å². The SMILES string of the molecule is COC(NC(N)=O)C(OC)(OC)OC. The summed E-state index contributed by atoms with van der Waals surface area (Å²) >= 11 is 0. The minimum atomic E-state index is -1.51. The van der Waals surface area contributed by atoms with E-state index in [0.717, 1.165) is 0 Å². The summed E-state index contributed by atoms with van der Waals surface area (Å²) in [6.45, 7) is 0. The first kappa shape index (κ1) is 13.1. The van der Waals surface area contributed by atoms with Crippen LogP contribution in [0.25, 0.3) is 0 Å². The van der Waals surface area contributed by atoms with Crippen LogP contribution in [0.3, 0.4) is 0 Å². The van der Waals surface area contributed by atoms with Crippen molar-refractivity contribution >= 4 is 6.03 Å². The lowest BCUT2D eigenvalue weighted by Crippen LogP contribution is -2.58. The lowest BCUT2D eigenvalue weighted by Gasteiger charge is -2.34. The molecule has 0 aliphatic carbocycles. The van der Waals surface area contributed by atoms with E-state index in [2.05, 4.69) is 5.32 Å². The molecular formula is C7H16N2O5. The topological polar surface area (TPSA) is 92.0 Å². The van der Waals surface area contributed by atoms with Gasteiger partial charge in [-0.2, -0.15) is 0 Å². The molecule has 0 bridgehead atoms. The maximum absolute atomic E-state index is 10.6. The summed E-state index contributed by atoms with van der Waals surface area (Å²) in [5, 5.41) is 2.26. The van der Waals surface area contributed by atoms with Gasteiger partial charge in [0.2, 0.25) is 6.23 Å². The minimum Gasteiger partial charge on any atom is -0.354 e. The van der Waals surface area contributed by atoms with E-state index >= 15 is 0 Å². The van der Waals surface area contributed by atoms with Gasteiger partial charge in [-0.25, -0.2) is 4.79 Å². The van der Waals surface area contributed by atoms with Crippen LogP contribution in [0, 0.1) is 0 Å². The van der Waals surface area contributed by atoms with E-state index in [-0.39, 0.29) is 0 Å². The second kappa shape index (κ2) is 5.76. The third-order valence-electron chi connectivity index (χ3n) is 1.68. The summed E-state index contributed by atoms with van der Waals surface area (Å²) in [5.41, 5.74) is 4.93. The van der Waals surface area contributed by atoms with Crippen molar-refractivity contribution in [3.63, 3.8) is 0 Å². The number of urea groups is 1. The van der Waals surface area contributed by atoms with Crippen molar-refractivity contribution in [3.8, 4) is 0 Å². The van der Waals surface area contributed by atoms with Gasteiger partial charge in [-0.1, -0.05) is 0 Å². The van der Waals surface area contributed by atoms with Crippen molar-refractivity contribution in [2.75, 3.05) is 28.4 Å². The third kappa shape index (κ3) is 2.81. The lowest BCUT2D eigenvalue weighted by atomic mass is 10.4. The highest BCUT2D eigenvalue weighted by Gasteiger charge is 2.41. The van der Waals surface area contributed by atoms with E-state index in [9.17, 15) is 4.79 Å². The zero-order valence-corrected chi connectivity index (χ0v) is 8.70. The third-order valence-corrected chi connectivity index (χ3v) is 1.68. The van der Waals surface area contributed by atoms with Crippen molar-refractivity contribution in [3.05, 3.63) is 0 Å². The van der Waals surface area contributed by atoms with Crippen LogP contribution in [0.15, 0.2) is 0 Å². The highest BCUT2D eigenvalue weighted by atomic mass is 16.9. The molecule has 0 heterocycles. The fourth-order valence-corrected chi connectivity index (χ4v) is 0.992. The second-order valence-electron chi connectivity index (χ2n) is 2.34. The largest absolute Gasteiger partial charge is 0.354 e. The van der Waals surface area contributed by atoms with E-state index in [1.165, 1.54) is 28.4 Å². The zero-order valence-electron chi connectivity index (χ0n) is 8.70. The first-order valence-electron chi connectivity index (χ1n) is 3.80. The first-order chi connectivity index (χ1) is 6.56. The van der Waals surface area contributed by atoms with Crippen LogP contribution >= 0.6 is 0 Å². The van der Waals surface area contributed by atoms with Gasteiger partial charge in [0.1, 0.15) is 0 Å². The smallest absolute Gasteiger partial charge is 0.330 e. The summed E-state index contributed by atoms with van der Waals surface area (Å²) in [4.78, 5) is 10.6. The minimum absolute atomic E-state index is 0.771. The Kier molecular flexibility index (Phi) is 5.39. The molecule has 0 aromatic rings. The number of methoxy groups -OCH3 is 4. The predicted octanol–water partition coefficient (Wildman–Crippen LogP) is -0.780. The van der Waals surface area contributed by atoms with Crippen molar-refractivity contribution in [1.82, 2.24) is 5.32 Å². The fraction of sp³-hybridized carbons (Fsp3) is 0.857. The quantitative estimate of drug-likeness (QED) is 0.559. The molecule has 0 fully saturated rings. The monoisotopic (exact) mass is 208 g/mol. The summed E-state index contributed by atoms with van der Waals surface area (Å²) in [6, 6.07) is -0.771. The van der Waals surface area contributed by atoms with Gasteiger partial charge in [0, 0.05) is 28.4 Å². The predicted molar refractivity (Wildman–Crippen MR) is 47.3 cm³/mol. The van der Waals surface area contributed by atoms with E-state index in [0.29, 0.717) is 0 Å².